The topological polar surface area (TPSA) is 78.5 Å². The van der Waals surface area contributed by atoms with Crippen molar-refractivity contribution in [2.24, 2.45) is 5.92 Å². The van der Waals surface area contributed by atoms with Crippen LogP contribution in [0.2, 0.25) is 0 Å². The van der Waals surface area contributed by atoms with Crippen LogP contribution >= 0.6 is 0 Å². The molecule has 1 atom stereocenters. The first-order chi connectivity index (χ1) is 12.2. The van der Waals surface area contributed by atoms with Crippen molar-refractivity contribution in [2.45, 2.75) is 31.6 Å². The minimum Gasteiger partial charge on any atom is -0.383 e. The van der Waals surface area contributed by atoms with Gasteiger partial charge in [0.1, 0.15) is 0 Å². The van der Waals surface area contributed by atoms with Crippen molar-refractivity contribution in [3.05, 3.63) is 28.4 Å². The molecule has 0 saturated carbocycles. The fraction of sp³-hybridized carbons (Fsp3) is 0.722. The van der Waals surface area contributed by atoms with Crippen molar-refractivity contribution in [1.29, 1.82) is 0 Å². The Morgan fingerprint density at radius 1 is 1.32 bits per heavy atom. The number of likely N-dealkylation sites (tertiary alicyclic amines) is 2. The summed E-state index contributed by atoms with van der Waals surface area (Å²) in [6.07, 6.45) is 5.28. The molecule has 2 saturated heterocycles. The van der Waals surface area contributed by atoms with Crippen molar-refractivity contribution in [2.75, 3.05) is 46.4 Å². The summed E-state index contributed by atoms with van der Waals surface area (Å²) in [6.45, 7) is 5.03. The van der Waals surface area contributed by atoms with Gasteiger partial charge in [-0.25, -0.2) is 4.98 Å². The highest BCUT2D eigenvalue weighted by molar-refractivity contribution is 5.79. The highest BCUT2D eigenvalue weighted by Gasteiger charge is 2.31. The number of aromatic nitrogens is 2. The largest absolute Gasteiger partial charge is 0.383 e. The summed E-state index contributed by atoms with van der Waals surface area (Å²) in [5.41, 5.74) is 0.737. The molecule has 2 aliphatic heterocycles. The lowest BCUT2D eigenvalue weighted by atomic mass is 9.91. The fourth-order valence-electron chi connectivity index (χ4n) is 3.94. The molecule has 3 heterocycles. The maximum Gasteiger partial charge on any atom is 0.250 e. The molecule has 1 N–H and O–H groups in total. The van der Waals surface area contributed by atoms with Crippen LogP contribution in [0.25, 0.3) is 0 Å². The summed E-state index contributed by atoms with van der Waals surface area (Å²) in [7, 11) is 1.71. The molecule has 0 radical (unpaired) electrons. The number of piperidine rings is 2. The highest BCUT2D eigenvalue weighted by atomic mass is 16.5. The first kappa shape index (κ1) is 18.1. The summed E-state index contributed by atoms with van der Waals surface area (Å²) >= 11 is 0. The minimum absolute atomic E-state index is 0.109. The van der Waals surface area contributed by atoms with Gasteiger partial charge in [0.05, 0.1) is 24.5 Å². The SMILES string of the molecule is COCCN1CCCC(C(=O)N2CCC(c3cc(=O)[nH]cn3)CC2)C1. The monoisotopic (exact) mass is 348 g/mol. The molecule has 1 aromatic heterocycles. The zero-order chi connectivity index (χ0) is 17.6. The number of rotatable bonds is 5. The van der Waals surface area contributed by atoms with E-state index in [1.807, 2.05) is 4.90 Å². The van der Waals surface area contributed by atoms with Crippen LogP contribution in [0.3, 0.4) is 0 Å². The molecule has 7 nitrogen and oxygen atoms in total. The Hall–Kier alpha value is -1.73. The molecule has 0 aromatic carbocycles. The van der Waals surface area contributed by atoms with Crippen molar-refractivity contribution in [1.82, 2.24) is 19.8 Å². The number of methoxy groups -OCH3 is 1. The van der Waals surface area contributed by atoms with E-state index in [9.17, 15) is 9.59 Å². The number of hydrogen-bond acceptors (Lipinski definition) is 5. The van der Waals surface area contributed by atoms with Gasteiger partial charge < -0.3 is 19.5 Å². The summed E-state index contributed by atoms with van der Waals surface area (Å²) in [5.74, 6) is 0.676. The number of ether oxygens (including phenoxy) is 1. The number of aromatic amines is 1. The van der Waals surface area contributed by atoms with Gasteiger partial charge in [-0.1, -0.05) is 0 Å². The molecule has 2 fully saturated rings. The van der Waals surface area contributed by atoms with Gasteiger partial charge in [0.25, 0.3) is 5.56 Å². The van der Waals surface area contributed by atoms with E-state index in [0.29, 0.717) is 5.91 Å². The van der Waals surface area contributed by atoms with Gasteiger partial charge in [-0.3, -0.25) is 9.59 Å². The summed E-state index contributed by atoms with van der Waals surface area (Å²) in [6, 6.07) is 1.58. The van der Waals surface area contributed by atoms with Crippen LogP contribution in [0.4, 0.5) is 0 Å². The maximum atomic E-state index is 12.9. The second-order valence-electron chi connectivity index (χ2n) is 7.07. The van der Waals surface area contributed by atoms with E-state index in [1.54, 1.807) is 13.2 Å². The quantitative estimate of drug-likeness (QED) is 0.853. The van der Waals surface area contributed by atoms with Crippen LogP contribution < -0.4 is 5.56 Å². The third kappa shape index (κ3) is 4.67. The average molecular weight is 348 g/mol. The lowest BCUT2D eigenvalue weighted by molar-refractivity contribution is -0.138. The summed E-state index contributed by atoms with van der Waals surface area (Å²) < 4.78 is 5.15. The average Bonchev–Trinajstić information content (AvgIpc) is 2.66. The van der Waals surface area contributed by atoms with E-state index < -0.39 is 0 Å². The van der Waals surface area contributed by atoms with Gasteiger partial charge in [-0.2, -0.15) is 0 Å². The third-order valence-corrected chi connectivity index (χ3v) is 5.39. The van der Waals surface area contributed by atoms with Crippen LogP contribution in [0, 0.1) is 5.92 Å². The van der Waals surface area contributed by atoms with Crippen molar-refractivity contribution >= 4 is 5.91 Å². The summed E-state index contributed by atoms with van der Waals surface area (Å²) in [4.78, 5) is 35.5. The molecule has 1 amide bonds. The van der Waals surface area contributed by atoms with Crippen LogP contribution in [-0.4, -0.2) is 72.1 Å². The van der Waals surface area contributed by atoms with Crippen LogP contribution in [0.1, 0.15) is 37.3 Å². The highest BCUT2D eigenvalue weighted by Crippen LogP contribution is 2.28. The molecule has 2 aliphatic rings. The molecular weight excluding hydrogens is 320 g/mol. The number of nitrogens with one attached hydrogen (secondary N) is 1. The van der Waals surface area contributed by atoms with Gasteiger partial charge in [0.15, 0.2) is 0 Å². The normalized spacial score (nSPS) is 22.9. The molecule has 138 valence electrons. The van der Waals surface area contributed by atoms with Crippen LogP contribution in [0.15, 0.2) is 17.2 Å². The Morgan fingerprint density at radius 3 is 2.84 bits per heavy atom. The fourth-order valence-corrected chi connectivity index (χ4v) is 3.94. The Kier molecular flexibility index (Phi) is 6.20. The Bertz CT molecular complexity index is 625. The van der Waals surface area contributed by atoms with Crippen LogP contribution in [0.5, 0.6) is 0 Å². The molecule has 3 rings (SSSR count). The Balaban J connectivity index is 1.52. The lowest BCUT2D eigenvalue weighted by Crippen LogP contribution is -2.47. The zero-order valence-electron chi connectivity index (χ0n) is 14.9. The van der Waals surface area contributed by atoms with Gasteiger partial charge >= 0.3 is 0 Å². The van der Waals surface area contributed by atoms with E-state index in [1.165, 1.54) is 6.33 Å². The van der Waals surface area contributed by atoms with E-state index in [2.05, 4.69) is 14.9 Å². The molecule has 1 unspecified atom stereocenters. The van der Waals surface area contributed by atoms with Crippen molar-refractivity contribution < 1.29 is 9.53 Å². The molecule has 7 heteroatoms. The summed E-state index contributed by atoms with van der Waals surface area (Å²) in [5, 5.41) is 0. The van der Waals surface area contributed by atoms with Gasteiger partial charge in [-0.15, -0.1) is 0 Å². The van der Waals surface area contributed by atoms with Gasteiger partial charge in [0.2, 0.25) is 5.91 Å². The molecule has 0 bridgehead atoms. The van der Waals surface area contributed by atoms with E-state index >= 15 is 0 Å². The first-order valence-electron chi connectivity index (χ1n) is 9.22. The molecule has 1 aromatic rings. The van der Waals surface area contributed by atoms with E-state index in [0.717, 1.165) is 70.7 Å². The first-order valence-corrected chi connectivity index (χ1v) is 9.22. The van der Waals surface area contributed by atoms with E-state index in [-0.39, 0.29) is 17.4 Å². The smallest absolute Gasteiger partial charge is 0.250 e. The zero-order valence-corrected chi connectivity index (χ0v) is 14.9. The minimum atomic E-state index is -0.109. The standard InChI is InChI=1S/C18H28N4O3/c1-25-10-9-21-6-2-3-15(12-21)18(24)22-7-4-14(5-8-22)16-11-17(23)20-13-19-16/h11,13-15H,2-10,12H2,1H3,(H,19,20,23). The number of carbonyl (C=O) groups excluding carboxylic acids is 1. The van der Waals surface area contributed by atoms with Crippen molar-refractivity contribution in [3.63, 3.8) is 0 Å². The Morgan fingerprint density at radius 2 is 2.12 bits per heavy atom. The van der Waals surface area contributed by atoms with Crippen LogP contribution in [-0.2, 0) is 9.53 Å². The second-order valence-corrected chi connectivity index (χ2v) is 7.07. The molecule has 25 heavy (non-hydrogen) atoms. The lowest BCUT2D eigenvalue weighted by Gasteiger charge is -2.37. The van der Waals surface area contributed by atoms with Crippen molar-refractivity contribution in [3.8, 4) is 0 Å². The predicted molar refractivity (Wildman–Crippen MR) is 94.5 cm³/mol. The van der Waals surface area contributed by atoms with E-state index in [4.69, 9.17) is 4.74 Å². The molecular formula is C18H28N4O3. The number of hydrogen-bond donors (Lipinski definition) is 1. The second kappa shape index (κ2) is 8.58. The molecule has 0 spiro atoms. The molecule has 0 aliphatic carbocycles. The maximum absolute atomic E-state index is 12.9. The number of H-pyrrole nitrogens is 1. The third-order valence-electron chi connectivity index (χ3n) is 5.39. The number of nitrogens with zero attached hydrogens (tertiary/aromatic N) is 3. The van der Waals surface area contributed by atoms with Gasteiger partial charge in [0, 0.05) is 45.3 Å². The predicted octanol–water partition coefficient (Wildman–Crippen LogP) is 0.834. The number of carbonyl (C=O) groups is 1. The Labute approximate surface area is 148 Å². The van der Waals surface area contributed by atoms with Gasteiger partial charge in [-0.05, 0) is 32.2 Å². The number of amides is 1.